The number of fused-ring (bicyclic) bond motifs is 1. The van der Waals surface area contributed by atoms with E-state index in [-0.39, 0.29) is 42.2 Å². The van der Waals surface area contributed by atoms with Crippen LogP contribution in [-0.2, 0) is 25.5 Å². The number of hydrogen-bond donors (Lipinski definition) is 1. The Morgan fingerprint density at radius 2 is 2.12 bits per heavy atom. The SMILES string of the molecule is COC(=O)[C@H]1CCN2C[C@H](OC(=O)CCc3ccc(O)c(OC)c3)C[C@H]12. The first-order valence-electron chi connectivity index (χ1n) is 8.89. The second kappa shape index (κ2) is 7.95. The molecule has 0 radical (unpaired) electrons. The topological polar surface area (TPSA) is 85.3 Å². The molecule has 2 saturated heterocycles. The summed E-state index contributed by atoms with van der Waals surface area (Å²) in [5, 5.41) is 9.60. The van der Waals surface area contributed by atoms with Gasteiger partial charge in [0, 0.05) is 25.4 Å². The van der Waals surface area contributed by atoms with Crippen LogP contribution >= 0.6 is 0 Å². The van der Waals surface area contributed by atoms with Gasteiger partial charge in [-0.1, -0.05) is 6.07 Å². The molecule has 0 bridgehead atoms. The van der Waals surface area contributed by atoms with Crippen molar-refractivity contribution in [3.63, 3.8) is 0 Å². The minimum Gasteiger partial charge on any atom is -0.504 e. The molecule has 7 heteroatoms. The monoisotopic (exact) mass is 363 g/mol. The smallest absolute Gasteiger partial charge is 0.310 e. The summed E-state index contributed by atoms with van der Waals surface area (Å²) in [6, 6.07) is 5.15. The Hall–Kier alpha value is -2.28. The predicted molar refractivity (Wildman–Crippen MR) is 93.0 cm³/mol. The van der Waals surface area contributed by atoms with Crippen molar-refractivity contribution in [3.05, 3.63) is 23.8 Å². The normalized spacial score (nSPS) is 24.9. The van der Waals surface area contributed by atoms with E-state index >= 15 is 0 Å². The molecule has 0 saturated carbocycles. The average molecular weight is 363 g/mol. The van der Waals surface area contributed by atoms with Crippen LogP contribution in [0.25, 0.3) is 0 Å². The van der Waals surface area contributed by atoms with Gasteiger partial charge in [0.15, 0.2) is 11.5 Å². The number of phenols is 1. The van der Waals surface area contributed by atoms with Crippen LogP contribution in [0.3, 0.4) is 0 Å². The second-order valence-electron chi connectivity index (χ2n) is 6.83. The summed E-state index contributed by atoms with van der Waals surface area (Å²) in [7, 11) is 2.90. The van der Waals surface area contributed by atoms with Gasteiger partial charge < -0.3 is 19.3 Å². The Bertz CT molecular complexity index is 676. The number of hydrogen-bond acceptors (Lipinski definition) is 7. The molecule has 1 N–H and O–H groups in total. The number of aromatic hydroxyl groups is 1. The Balaban J connectivity index is 1.48. The number of methoxy groups -OCH3 is 2. The number of rotatable bonds is 6. The average Bonchev–Trinajstić information content (AvgIpc) is 3.20. The zero-order chi connectivity index (χ0) is 18.7. The van der Waals surface area contributed by atoms with E-state index in [9.17, 15) is 14.7 Å². The predicted octanol–water partition coefficient (Wildman–Crippen LogP) is 1.51. The van der Waals surface area contributed by atoms with Crippen LogP contribution in [0.2, 0.25) is 0 Å². The van der Waals surface area contributed by atoms with E-state index in [1.165, 1.54) is 14.2 Å². The Labute approximate surface area is 152 Å². The van der Waals surface area contributed by atoms with E-state index < -0.39 is 0 Å². The number of benzene rings is 1. The molecule has 2 heterocycles. The molecule has 3 rings (SSSR count). The third-order valence-electron chi connectivity index (χ3n) is 5.27. The van der Waals surface area contributed by atoms with Crippen molar-refractivity contribution in [2.75, 3.05) is 27.3 Å². The quantitative estimate of drug-likeness (QED) is 0.767. The van der Waals surface area contributed by atoms with Crippen molar-refractivity contribution >= 4 is 11.9 Å². The first-order valence-corrected chi connectivity index (χ1v) is 8.89. The van der Waals surface area contributed by atoms with Gasteiger partial charge in [0.1, 0.15) is 6.10 Å². The Kier molecular flexibility index (Phi) is 5.66. The zero-order valence-electron chi connectivity index (χ0n) is 15.1. The number of nitrogens with zero attached hydrogens (tertiary/aromatic N) is 1. The molecule has 0 amide bonds. The van der Waals surface area contributed by atoms with E-state index in [0.717, 1.165) is 18.5 Å². The minimum absolute atomic E-state index is 0.0746. The highest BCUT2D eigenvalue weighted by molar-refractivity contribution is 5.74. The Morgan fingerprint density at radius 3 is 2.85 bits per heavy atom. The lowest BCUT2D eigenvalue weighted by molar-refractivity contribution is -0.148. The maximum Gasteiger partial charge on any atom is 0.310 e. The highest BCUT2D eigenvalue weighted by atomic mass is 16.5. The molecule has 3 atom stereocenters. The van der Waals surface area contributed by atoms with Crippen LogP contribution in [0, 0.1) is 5.92 Å². The molecular formula is C19H25NO6. The zero-order valence-corrected chi connectivity index (χ0v) is 15.1. The summed E-state index contributed by atoms with van der Waals surface area (Å²) < 4.78 is 15.5. The molecule has 2 aliphatic heterocycles. The van der Waals surface area contributed by atoms with Gasteiger partial charge in [-0.3, -0.25) is 14.5 Å². The van der Waals surface area contributed by atoms with Crippen molar-refractivity contribution in [2.24, 2.45) is 5.92 Å². The molecule has 7 nitrogen and oxygen atoms in total. The standard InChI is InChI=1S/C19H25NO6/c1-24-17-9-12(3-5-16(17)21)4-6-18(22)26-13-10-15-14(19(23)25-2)7-8-20(15)11-13/h3,5,9,13-15,21H,4,6-8,10-11H2,1-2H3/t13-,14+,15-/m1/s1. The largest absolute Gasteiger partial charge is 0.504 e. The van der Waals surface area contributed by atoms with E-state index in [4.69, 9.17) is 14.2 Å². The van der Waals surface area contributed by atoms with Crippen LogP contribution in [0.1, 0.15) is 24.8 Å². The summed E-state index contributed by atoms with van der Waals surface area (Å²) in [4.78, 5) is 26.2. The van der Waals surface area contributed by atoms with Gasteiger partial charge in [-0.15, -0.1) is 0 Å². The third kappa shape index (κ3) is 3.93. The maximum atomic E-state index is 12.2. The lowest BCUT2D eigenvalue weighted by Gasteiger charge is -2.17. The summed E-state index contributed by atoms with van der Waals surface area (Å²) in [6.07, 6.45) is 2.09. The second-order valence-corrected chi connectivity index (χ2v) is 6.83. The lowest BCUT2D eigenvalue weighted by Crippen LogP contribution is -2.30. The molecular weight excluding hydrogens is 338 g/mol. The van der Waals surface area contributed by atoms with Crippen LogP contribution in [0.5, 0.6) is 11.5 Å². The highest BCUT2D eigenvalue weighted by Gasteiger charge is 2.46. The van der Waals surface area contributed by atoms with Gasteiger partial charge in [0.2, 0.25) is 0 Å². The van der Waals surface area contributed by atoms with E-state index in [2.05, 4.69) is 4.90 Å². The minimum atomic E-state index is -0.252. The van der Waals surface area contributed by atoms with Crippen LogP contribution in [0.15, 0.2) is 18.2 Å². The molecule has 0 spiro atoms. The van der Waals surface area contributed by atoms with Crippen molar-refractivity contribution in [1.29, 1.82) is 0 Å². The molecule has 2 fully saturated rings. The first kappa shape index (κ1) is 18.5. The third-order valence-corrected chi connectivity index (χ3v) is 5.27. The molecule has 0 unspecified atom stereocenters. The van der Waals surface area contributed by atoms with Gasteiger partial charge >= 0.3 is 11.9 Å². The van der Waals surface area contributed by atoms with Crippen molar-refractivity contribution in [2.45, 2.75) is 37.8 Å². The Morgan fingerprint density at radius 1 is 1.31 bits per heavy atom. The molecule has 1 aromatic rings. The fourth-order valence-corrected chi connectivity index (χ4v) is 3.94. The first-order chi connectivity index (χ1) is 12.5. The van der Waals surface area contributed by atoms with E-state index in [1.54, 1.807) is 18.2 Å². The molecule has 26 heavy (non-hydrogen) atoms. The highest BCUT2D eigenvalue weighted by Crippen LogP contribution is 2.35. The number of carbonyl (C=O) groups is 2. The van der Waals surface area contributed by atoms with E-state index in [0.29, 0.717) is 25.1 Å². The fourth-order valence-electron chi connectivity index (χ4n) is 3.94. The number of phenolic OH excluding ortho intramolecular Hbond substituents is 1. The van der Waals surface area contributed by atoms with Gasteiger partial charge in [-0.25, -0.2) is 0 Å². The van der Waals surface area contributed by atoms with Crippen molar-refractivity contribution < 1.29 is 28.9 Å². The van der Waals surface area contributed by atoms with Crippen LogP contribution in [-0.4, -0.2) is 61.4 Å². The maximum absolute atomic E-state index is 12.2. The molecule has 142 valence electrons. The summed E-state index contributed by atoms with van der Waals surface area (Å²) in [5.41, 5.74) is 0.898. The lowest BCUT2D eigenvalue weighted by atomic mass is 9.98. The van der Waals surface area contributed by atoms with Crippen LogP contribution in [0.4, 0.5) is 0 Å². The molecule has 2 aliphatic rings. The summed E-state index contributed by atoms with van der Waals surface area (Å²) >= 11 is 0. The fraction of sp³-hybridized carbons (Fsp3) is 0.579. The number of aryl methyl sites for hydroxylation is 1. The molecule has 0 aliphatic carbocycles. The van der Waals surface area contributed by atoms with E-state index in [1.807, 2.05) is 0 Å². The van der Waals surface area contributed by atoms with Crippen molar-refractivity contribution in [1.82, 2.24) is 4.90 Å². The summed E-state index contributed by atoms with van der Waals surface area (Å²) in [6.45, 7) is 1.52. The number of carbonyl (C=O) groups excluding carboxylic acids is 2. The molecule has 0 aromatic heterocycles. The number of ether oxygens (including phenoxy) is 3. The van der Waals surface area contributed by atoms with Gasteiger partial charge in [-0.05, 0) is 37.1 Å². The van der Waals surface area contributed by atoms with Gasteiger partial charge in [0.25, 0.3) is 0 Å². The molecule has 1 aromatic carbocycles. The van der Waals surface area contributed by atoms with Crippen LogP contribution < -0.4 is 4.74 Å². The van der Waals surface area contributed by atoms with Gasteiger partial charge in [0.05, 0.1) is 20.1 Å². The van der Waals surface area contributed by atoms with Crippen molar-refractivity contribution in [3.8, 4) is 11.5 Å². The number of esters is 2. The summed E-state index contributed by atoms with van der Waals surface area (Å²) in [5.74, 6) is -0.0802. The van der Waals surface area contributed by atoms with Gasteiger partial charge in [-0.2, -0.15) is 0 Å².